The Morgan fingerprint density at radius 3 is 2.37 bits per heavy atom. The van der Waals surface area contributed by atoms with Gasteiger partial charge in [-0.05, 0) is 64.8 Å². The summed E-state index contributed by atoms with van der Waals surface area (Å²) in [5, 5.41) is 6.70. The Hall–Kier alpha value is -1.68. The standard InChI is InChI=1S/C17H11Br2ClN2O4S/c1-9-13(18)8-12(14-6-7-15(23)22-21-14)17(16(9)19)26-27(24,25)11-4-2-10(20)3-5-11/h2-8H,1H3,(H,22,23). The first-order valence-corrected chi connectivity index (χ1v) is 10.8. The van der Waals surface area contributed by atoms with Crippen LogP contribution in [0.1, 0.15) is 5.56 Å². The van der Waals surface area contributed by atoms with Gasteiger partial charge in [0.15, 0.2) is 5.75 Å². The molecule has 140 valence electrons. The Balaban J connectivity index is 2.16. The molecule has 0 spiro atoms. The third kappa shape index (κ3) is 4.26. The molecule has 0 radical (unpaired) electrons. The second-order valence-electron chi connectivity index (χ2n) is 5.47. The predicted octanol–water partition coefficient (Wildman–Crippen LogP) is 4.69. The van der Waals surface area contributed by atoms with E-state index >= 15 is 0 Å². The Morgan fingerprint density at radius 2 is 1.78 bits per heavy atom. The fourth-order valence-corrected chi connectivity index (χ4v) is 4.61. The van der Waals surface area contributed by atoms with Crippen LogP contribution < -0.4 is 9.74 Å². The first kappa shape index (κ1) is 20.1. The van der Waals surface area contributed by atoms with Gasteiger partial charge in [-0.25, -0.2) is 5.10 Å². The monoisotopic (exact) mass is 532 g/mol. The van der Waals surface area contributed by atoms with Crippen molar-refractivity contribution in [3.05, 3.63) is 72.3 Å². The Morgan fingerprint density at radius 1 is 1.11 bits per heavy atom. The minimum atomic E-state index is -4.12. The quantitative estimate of drug-likeness (QED) is 0.491. The van der Waals surface area contributed by atoms with Gasteiger partial charge in [-0.3, -0.25) is 4.79 Å². The second kappa shape index (κ2) is 7.75. The SMILES string of the molecule is Cc1c(Br)cc(-c2ccc(=O)[nH]n2)c(OS(=O)(=O)c2ccc(Cl)cc2)c1Br. The molecule has 0 saturated heterocycles. The summed E-state index contributed by atoms with van der Waals surface area (Å²) in [7, 11) is -4.12. The predicted molar refractivity (Wildman–Crippen MR) is 110 cm³/mol. The molecule has 0 unspecified atom stereocenters. The van der Waals surface area contributed by atoms with Gasteiger partial charge in [0.2, 0.25) is 0 Å². The third-order valence-corrected chi connectivity index (χ3v) is 6.92. The van der Waals surface area contributed by atoms with Gasteiger partial charge in [0.05, 0.1) is 10.2 Å². The molecule has 2 aromatic carbocycles. The van der Waals surface area contributed by atoms with Gasteiger partial charge in [-0.2, -0.15) is 13.5 Å². The zero-order chi connectivity index (χ0) is 19.8. The highest BCUT2D eigenvalue weighted by Crippen LogP contribution is 2.42. The number of halogens is 3. The van der Waals surface area contributed by atoms with Crippen molar-refractivity contribution in [1.29, 1.82) is 0 Å². The first-order chi connectivity index (χ1) is 12.7. The lowest BCUT2D eigenvalue weighted by molar-refractivity contribution is 0.485. The molecule has 0 aliphatic heterocycles. The van der Waals surface area contributed by atoms with Crippen molar-refractivity contribution in [2.75, 3.05) is 0 Å². The van der Waals surface area contributed by atoms with Crippen LogP contribution in [0.25, 0.3) is 11.3 Å². The van der Waals surface area contributed by atoms with Crippen molar-refractivity contribution in [3.8, 4) is 17.0 Å². The van der Waals surface area contributed by atoms with E-state index < -0.39 is 10.1 Å². The average molecular weight is 535 g/mol. The molecule has 0 aliphatic carbocycles. The van der Waals surface area contributed by atoms with E-state index in [-0.39, 0.29) is 16.2 Å². The van der Waals surface area contributed by atoms with E-state index in [1.807, 2.05) is 0 Å². The lowest BCUT2D eigenvalue weighted by Gasteiger charge is -2.15. The average Bonchev–Trinajstić information content (AvgIpc) is 2.63. The molecule has 1 aromatic heterocycles. The van der Waals surface area contributed by atoms with E-state index in [1.165, 1.54) is 36.4 Å². The summed E-state index contributed by atoms with van der Waals surface area (Å²) in [6.07, 6.45) is 0. The fraction of sp³-hybridized carbons (Fsp3) is 0.0588. The van der Waals surface area contributed by atoms with Crippen LogP contribution >= 0.6 is 43.5 Å². The van der Waals surface area contributed by atoms with Gasteiger partial charge in [-0.1, -0.05) is 27.5 Å². The summed E-state index contributed by atoms with van der Waals surface area (Å²) in [5.41, 5.74) is 1.09. The minimum Gasteiger partial charge on any atom is -0.377 e. The van der Waals surface area contributed by atoms with Crippen molar-refractivity contribution < 1.29 is 12.6 Å². The minimum absolute atomic E-state index is 0.0419. The van der Waals surface area contributed by atoms with Crippen molar-refractivity contribution in [1.82, 2.24) is 10.2 Å². The number of benzene rings is 2. The van der Waals surface area contributed by atoms with Gasteiger partial charge in [-0.15, -0.1) is 0 Å². The van der Waals surface area contributed by atoms with E-state index in [9.17, 15) is 13.2 Å². The van der Waals surface area contributed by atoms with Crippen molar-refractivity contribution in [2.24, 2.45) is 0 Å². The van der Waals surface area contributed by atoms with E-state index in [4.69, 9.17) is 15.8 Å². The number of hydrogen-bond donors (Lipinski definition) is 1. The maximum atomic E-state index is 12.7. The highest BCUT2D eigenvalue weighted by atomic mass is 79.9. The molecule has 3 rings (SSSR count). The molecule has 1 N–H and O–H groups in total. The summed E-state index contributed by atoms with van der Waals surface area (Å²) in [6, 6.07) is 10.1. The second-order valence-corrected chi connectivity index (χ2v) is 9.10. The lowest BCUT2D eigenvalue weighted by Crippen LogP contribution is -2.12. The van der Waals surface area contributed by atoms with Gasteiger partial charge < -0.3 is 4.18 Å². The Labute approximate surface area is 176 Å². The molecule has 6 nitrogen and oxygen atoms in total. The van der Waals surface area contributed by atoms with Crippen LogP contribution in [0.4, 0.5) is 0 Å². The van der Waals surface area contributed by atoms with Crippen LogP contribution in [0.2, 0.25) is 5.02 Å². The van der Waals surface area contributed by atoms with Crippen LogP contribution in [0.3, 0.4) is 0 Å². The fourth-order valence-electron chi connectivity index (χ4n) is 2.22. The molecular formula is C17H11Br2ClN2O4S. The smallest absolute Gasteiger partial charge is 0.339 e. The van der Waals surface area contributed by atoms with E-state index in [0.717, 1.165) is 5.56 Å². The Kier molecular flexibility index (Phi) is 5.76. The zero-order valence-corrected chi connectivity index (χ0v) is 18.4. The summed E-state index contributed by atoms with van der Waals surface area (Å²) in [4.78, 5) is 11.3. The third-order valence-electron chi connectivity index (χ3n) is 3.65. The number of nitrogens with one attached hydrogen (secondary N) is 1. The van der Waals surface area contributed by atoms with Gasteiger partial charge in [0.25, 0.3) is 5.56 Å². The van der Waals surface area contributed by atoms with Crippen LogP contribution in [-0.4, -0.2) is 18.6 Å². The molecule has 3 aromatic rings. The maximum Gasteiger partial charge on any atom is 0.339 e. The molecule has 10 heteroatoms. The number of H-pyrrole nitrogens is 1. The molecule has 1 heterocycles. The van der Waals surface area contributed by atoms with E-state index in [1.54, 1.807) is 13.0 Å². The van der Waals surface area contributed by atoms with Gasteiger partial charge >= 0.3 is 10.1 Å². The largest absolute Gasteiger partial charge is 0.377 e. The summed E-state index contributed by atoms with van der Waals surface area (Å²) in [5.74, 6) is 0.0604. The summed E-state index contributed by atoms with van der Waals surface area (Å²) < 4.78 is 32.0. The first-order valence-electron chi connectivity index (χ1n) is 7.44. The number of hydrogen-bond acceptors (Lipinski definition) is 5. The molecular weight excluding hydrogens is 524 g/mol. The van der Waals surface area contributed by atoms with Crippen LogP contribution in [0.15, 0.2) is 61.1 Å². The van der Waals surface area contributed by atoms with Gasteiger partial charge in [0, 0.05) is 21.1 Å². The van der Waals surface area contributed by atoms with E-state index in [2.05, 4.69) is 42.1 Å². The van der Waals surface area contributed by atoms with Crippen LogP contribution in [-0.2, 0) is 10.1 Å². The molecule has 0 bridgehead atoms. The zero-order valence-electron chi connectivity index (χ0n) is 13.7. The van der Waals surface area contributed by atoms with Crippen LogP contribution in [0, 0.1) is 6.92 Å². The summed E-state index contributed by atoms with van der Waals surface area (Å²) in [6.45, 7) is 1.79. The topological polar surface area (TPSA) is 89.1 Å². The maximum absolute atomic E-state index is 12.7. The number of rotatable bonds is 4. The van der Waals surface area contributed by atoms with Crippen molar-refractivity contribution in [2.45, 2.75) is 11.8 Å². The Bertz CT molecular complexity index is 1160. The van der Waals surface area contributed by atoms with E-state index in [0.29, 0.717) is 25.2 Å². The normalized spacial score (nSPS) is 11.4. The summed E-state index contributed by atoms with van der Waals surface area (Å²) >= 11 is 12.6. The molecule has 0 amide bonds. The molecule has 0 atom stereocenters. The number of aromatic amines is 1. The molecule has 0 fully saturated rings. The molecule has 27 heavy (non-hydrogen) atoms. The lowest BCUT2D eigenvalue weighted by atomic mass is 10.1. The van der Waals surface area contributed by atoms with Crippen LogP contribution in [0.5, 0.6) is 5.75 Å². The van der Waals surface area contributed by atoms with Crippen molar-refractivity contribution in [3.63, 3.8) is 0 Å². The number of aromatic nitrogens is 2. The molecule has 0 aliphatic rings. The van der Waals surface area contributed by atoms with Crippen molar-refractivity contribution >= 4 is 53.6 Å². The number of nitrogens with zero attached hydrogens (tertiary/aromatic N) is 1. The molecule has 0 saturated carbocycles. The highest BCUT2D eigenvalue weighted by Gasteiger charge is 2.24. The van der Waals surface area contributed by atoms with Gasteiger partial charge in [0.1, 0.15) is 4.90 Å². The highest BCUT2D eigenvalue weighted by molar-refractivity contribution is 9.11.